The second-order valence-corrected chi connectivity index (χ2v) is 7.18. The highest BCUT2D eigenvalue weighted by Gasteiger charge is 2.14. The van der Waals surface area contributed by atoms with Gasteiger partial charge in [-0.05, 0) is 37.2 Å². The average molecular weight is 524 g/mol. The van der Waals surface area contributed by atoms with Gasteiger partial charge < -0.3 is 25.2 Å². The number of nitrogens with zero attached hydrogens (tertiary/aromatic N) is 4. The number of aromatic nitrogens is 1. The maximum atomic E-state index is 5.70. The van der Waals surface area contributed by atoms with E-state index in [0.29, 0.717) is 13.2 Å². The predicted octanol–water partition coefficient (Wildman–Crippen LogP) is 2.59. The number of ether oxygens (including phenoxy) is 1. The number of piperazine rings is 1. The molecular formula is C22H33IN6O. The van der Waals surface area contributed by atoms with Gasteiger partial charge in [-0.1, -0.05) is 24.3 Å². The second kappa shape index (κ2) is 13.3. The van der Waals surface area contributed by atoms with Gasteiger partial charge in [-0.15, -0.1) is 24.0 Å². The Hall–Kier alpha value is -2.07. The van der Waals surface area contributed by atoms with Gasteiger partial charge in [-0.25, -0.2) is 4.98 Å². The van der Waals surface area contributed by atoms with Crippen LogP contribution in [0.25, 0.3) is 0 Å². The van der Waals surface area contributed by atoms with Gasteiger partial charge in [0.25, 0.3) is 0 Å². The lowest BCUT2D eigenvalue weighted by molar-refractivity contribution is 0.311. The van der Waals surface area contributed by atoms with Crippen molar-refractivity contribution in [3.63, 3.8) is 0 Å². The molecule has 0 atom stereocenters. The number of pyridine rings is 1. The lowest BCUT2D eigenvalue weighted by atomic mass is 10.2. The van der Waals surface area contributed by atoms with E-state index in [-0.39, 0.29) is 24.0 Å². The van der Waals surface area contributed by atoms with Crippen LogP contribution in [0.15, 0.2) is 53.7 Å². The van der Waals surface area contributed by atoms with Gasteiger partial charge in [0, 0.05) is 52.5 Å². The van der Waals surface area contributed by atoms with E-state index in [1.54, 1.807) is 7.05 Å². The molecule has 2 aromatic rings. The third kappa shape index (κ3) is 7.98. The summed E-state index contributed by atoms with van der Waals surface area (Å²) in [5, 5.41) is 6.66. The van der Waals surface area contributed by atoms with Crippen molar-refractivity contribution in [1.82, 2.24) is 20.5 Å². The number of nitrogens with one attached hydrogen (secondary N) is 2. The maximum absolute atomic E-state index is 5.70. The molecule has 0 saturated carbocycles. The molecule has 2 N–H and O–H groups in total. The van der Waals surface area contributed by atoms with Gasteiger partial charge in [0.1, 0.15) is 11.6 Å². The maximum Gasteiger partial charge on any atom is 0.191 e. The molecule has 164 valence electrons. The molecule has 1 aliphatic rings. The highest BCUT2D eigenvalue weighted by molar-refractivity contribution is 14.0. The molecule has 1 aromatic carbocycles. The number of hydrogen-bond acceptors (Lipinski definition) is 5. The van der Waals surface area contributed by atoms with Gasteiger partial charge in [-0.3, -0.25) is 4.99 Å². The zero-order valence-electron chi connectivity index (χ0n) is 17.9. The summed E-state index contributed by atoms with van der Waals surface area (Å²) >= 11 is 0. The summed E-state index contributed by atoms with van der Waals surface area (Å²) in [6.45, 7) is 6.40. The fourth-order valence-electron chi connectivity index (χ4n) is 3.14. The molecule has 8 heteroatoms. The Labute approximate surface area is 196 Å². The molecule has 2 heterocycles. The number of benzene rings is 1. The summed E-state index contributed by atoms with van der Waals surface area (Å²) in [7, 11) is 3.95. The van der Waals surface area contributed by atoms with E-state index < -0.39 is 0 Å². The summed E-state index contributed by atoms with van der Waals surface area (Å²) in [6, 6.07) is 14.1. The molecule has 0 radical (unpaired) electrons. The van der Waals surface area contributed by atoms with Crippen molar-refractivity contribution in [3.05, 3.63) is 54.2 Å². The first-order valence-corrected chi connectivity index (χ1v) is 10.3. The summed E-state index contributed by atoms with van der Waals surface area (Å²) in [5.41, 5.74) is 1.14. The lowest BCUT2D eigenvalue weighted by Gasteiger charge is -2.33. The molecule has 0 spiro atoms. The first-order valence-electron chi connectivity index (χ1n) is 10.3. The number of likely N-dealkylation sites (N-methyl/N-ethyl adjacent to an activating group) is 1. The van der Waals surface area contributed by atoms with Crippen LogP contribution in [0.1, 0.15) is 12.0 Å². The zero-order chi connectivity index (χ0) is 20.3. The standard InChI is InChI=1S/C22H32N6O.HI/c1-23-22(24-11-6-16-29-20-7-4-3-5-8-20)26-18-19-9-10-21(25-17-19)28-14-12-27(2)13-15-28;/h3-5,7-10,17H,6,11-16,18H2,1-2H3,(H2,23,24,26);1H. The van der Waals surface area contributed by atoms with E-state index in [9.17, 15) is 0 Å². The first-order chi connectivity index (χ1) is 14.2. The quantitative estimate of drug-likeness (QED) is 0.240. The summed E-state index contributed by atoms with van der Waals surface area (Å²) in [6.07, 6.45) is 2.85. The number of aliphatic imine (C=N–C) groups is 1. The minimum atomic E-state index is 0. The van der Waals surface area contributed by atoms with E-state index in [1.807, 2.05) is 36.5 Å². The van der Waals surface area contributed by atoms with Crippen molar-refractivity contribution in [1.29, 1.82) is 0 Å². The van der Waals surface area contributed by atoms with Crippen LogP contribution in [0.3, 0.4) is 0 Å². The number of hydrogen-bond donors (Lipinski definition) is 2. The number of anilines is 1. The van der Waals surface area contributed by atoms with Gasteiger partial charge in [0.2, 0.25) is 0 Å². The Morgan fingerprint density at radius 1 is 1.07 bits per heavy atom. The monoisotopic (exact) mass is 524 g/mol. The fourth-order valence-corrected chi connectivity index (χ4v) is 3.14. The van der Waals surface area contributed by atoms with Crippen LogP contribution >= 0.6 is 24.0 Å². The molecule has 3 rings (SSSR count). The van der Waals surface area contributed by atoms with E-state index in [2.05, 4.69) is 49.6 Å². The van der Waals surface area contributed by atoms with Gasteiger partial charge >= 0.3 is 0 Å². The minimum absolute atomic E-state index is 0. The van der Waals surface area contributed by atoms with E-state index in [0.717, 1.165) is 62.2 Å². The summed E-state index contributed by atoms with van der Waals surface area (Å²) in [5.74, 6) is 2.75. The third-order valence-corrected chi connectivity index (χ3v) is 4.95. The highest BCUT2D eigenvalue weighted by Crippen LogP contribution is 2.13. The molecule has 0 bridgehead atoms. The van der Waals surface area contributed by atoms with Crippen molar-refractivity contribution >= 4 is 35.8 Å². The smallest absolute Gasteiger partial charge is 0.191 e. The van der Waals surface area contributed by atoms with Crippen LogP contribution in [-0.2, 0) is 6.54 Å². The molecule has 7 nitrogen and oxygen atoms in total. The van der Waals surface area contributed by atoms with Crippen LogP contribution in [0.5, 0.6) is 5.75 Å². The number of rotatable bonds is 8. The number of halogens is 1. The second-order valence-electron chi connectivity index (χ2n) is 7.18. The van der Waals surface area contributed by atoms with Crippen molar-refractivity contribution in [2.24, 2.45) is 4.99 Å². The van der Waals surface area contributed by atoms with E-state index in [4.69, 9.17) is 4.74 Å². The predicted molar refractivity (Wildman–Crippen MR) is 134 cm³/mol. The molecule has 0 aliphatic carbocycles. The van der Waals surface area contributed by atoms with Crippen LogP contribution < -0.4 is 20.3 Å². The SMILES string of the molecule is CN=C(NCCCOc1ccccc1)NCc1ccc(N2CCN(C)CC2)nc1.I. The highest BCUT2D eigenvalue weighted by atomic mass is 127. The molecule has 0 unspecified atom stereocenters. The fraction of sp³-hybridized carbons (Fsp3) is 0.455. The third-order valence-electron chi connectivity index (χ3n) is 4.95. The van der Waals surface area contributed by atoms with Gasteiger partial charge in [0.15, 0.2) is 5.96 Å². The Morgan fingerprint density at radius 2 is 1.83 bits per heavy atom. The van der Waals surface area contributed by atoms with Crippen molar-refractivity contribution in [3.8, 4) is 5.75 Å². The van der Waals surface area contributed by atoms with Crippen molar-refractivity contribution in [2.75, 3.05) is 58.3 Å². The van der Waals surface area contributed by atoms with Gasteiger partial charge in [-0.2, -0.15) is 0 Å². The van der Waals surface area contributed by atoms with Crippen LogP contribution in [0, 0.1) is 0 Å². The molecule has 1 aromatic heterocycles. The Morgan fingerprint density at radius 3 is 2.50 bits per heavy atom. The molecule has 1 saturated heterocycles. The first kappa shape index (κ1) is 24.2. The minimum Gasteiger partial charge on any atom is -0.494 e. The van der Waals surface area contributed by atoms with E-state index >= 15 is 0 Å². The molecule has 1 fully saturated rings. The van der Waals surface area contributed by atoms with Crippen molar-refractivity contribution < 1.29 is 4.74 Å². The summed E-state index contributed by atoms with van der Waals surface area (Å²) in [4.78, 5) is 13.6. The molecule has 1 aliphatic heterocycles. The lowest BCUT2D eigenvalue weighted by Crippen LogP contribution is -2.44. The molecular weight excluding hydrogens is 491 g/mol. The Kier molecular flexibility index (Phi) is 10.7. The van der Waals surface area contributed by atoms with Gasteiger partial charge in [0.05, 0.1) is 6.61 Å². The van der Waals surface area contributed by atoms with Crippen LogP contribution in [0.2, 0.25) is 0 Å². The van der Waals surface area contributed by atoms with E-state index in [1.165, 1.54) is 0 Å². The molecule has 30 heavy (non-hydrogen) atoms. The number of guanidine groups is 1. The topological polar surface area (TPSA) is 65.0 Å². The van der Waals surface area contributed by atoms with Crippen LogP contribution in [-0.4, -0.2) is 69.3 Å². The Bertz CT molecular complexity index is 748. The molecule has 0 amide bonds. The zero-order valence-corrected chi connectivity index (χ0v) is 20.2. The normalized spacial score (nSPS) is 14.7. The largest absolute Gasteiger partial charge is 0.494 e. The average Bonchev–Trinajstić information content (AvgIpc) is 2.77. The Balaban J connectivity index is 0.00000320. The number of para-hydroxylation sites is 1. The summed E-state index contributed by atoms with van der Waals surface area (Å²) < 4.78 is 5.70. The van der Waals surface area contributed by atoms with Crippen molar-refractivity contribution in [2.45, 2.75) is 13.0 Å². The van der Waals surface area contributed by atoms with Crippen LogP contribution in [0.4, 0.5) is 5.82 Å².